The SMILES string of the molecule is CCOC(=O)c1ccc(Cc2c(C)n(CC3CCNCC3)c3ccccc23)c(F)c1. The Balaban J connectivity index is 1.66. The van der Waals surface area contributed by atoms with Crippen LogP contribution in [0.3, 0.4) is 0 Å². The maximum absolute atomic E-state index is 14.8. The number of para-hydroxylation sites is 1. The molecule has 2 aromatic carbocycles. The maximum Gasteiger partial charge on any atom is 0.338 e. The van der Waals surface area contributed by atoms with Gasteiger partial charge in [0.15, 0.2) is 0 Å². The van der Waals surface area contributed by atoms with E-state index in [9.17, 15) is 9.18 Å². The number of hydrogen-bond acceptors (Lipinski definition) is 3. The van der Waals surface area contributed by atoms with Crippen LogP contribution in [0.4, 0.5) is 4.39 Å². The molecule has 0 spiro atoms. The molecule has 4 nitrogen and oxygen atoms in total. The minimum atomic E-state index is -0.488. The van der Waals surface area contributed by atoms with Crippen LogP contribution in [0.2, 0.25) is 0 Å². The monoisotopic (exact) mass is 408 g/mol. The number of aromatic nitrogens is 1. The number of carbonyl (C=O) groups excluding carboxylic acids is 1. The second kappa shape index (κ2) is 9.00. The van der Waals surface area contributed by atoms with Crippen molar-refractivity contribution in [1.82, 2.24) is 9.88 Å². The molecule has 0 saturated carbocycles. The molecule has 1 N–H and O–H groups in total. The van der Waals surface area contributed by atoms with Crippen LogP contribution in [0.15, 0.2) is 42.5 Å². The summed E-state index contributed by atoms with van der Waals surface area (Å²) in [6.07, 6.45) is 2.87. The minimum Gasteiger partial charge on any atom is -0.462 e. The third kappa shape index (κ3) is 4.12. The Bertz CT molecular complexity index is 1050. The summed E-state index contributed by atoms with van der Waals surface area (Å²) in [6, 6.07) is 13.0. The number of carbonyl (C=O) groups is 1. The molecular weight excluding hydrogens is 379 g/mol. The third-order valence-corrected chi connectivity index (χ3v) is 6.19. The van der Waals surface area contributed by atoms with Gasteiger partial charge in [0, 0.05) is 29.6 Å². The van der Waals surface area contributed by atoms with Crippen molar-refractivity contribution in [3.05, 3.63) is 70.7 Å². The van der Waals surface area contributed by atoms with Gasteiger partial charge in [-0.25, -0.2) is 9.18 Å². The topological polar surface area (TPSA) is 43.3 Å². The van der Waals surface area contributed by atoms with E-state index in [1.165, 1.54) is 35.5 Å². The molecule has 1 aliphatic rings. The molecule has 0 amide bonds. The van der Waals surface area contributed by atoms with Gasteiger partial charge in [0.2, 0.25) is 0 Å². The normalized spacial score (nSPS) is 14.9. The number of ether oxygens (including phenoxy) is 1. The van der Waals surface area contributed by atoms with Crippen LogP contribution in [0, 0.1) is 18.7 Å². The highest BCUT2D eigenvalue weighted by Crippen LogP contribution is 2.30. The van der Waals surface area contributed by atoms with E-state index in [1.807, 2.05) is 6.07 Å². The molecule has 158 valence electrons. The van der Waals surface area contributed by atoms with Gasteiger partial charge in [0.25, 0.3) is 0 Å². The Morgan fingerprint density at radius 2 is 1.97 bits per heavy atom. The van der Waals surface area contributed by atoms with Crippen molar-refractivity contribution in [2.24, 2.45) is 5.92 Å². The number of benzene rings is 2. The quantitative estimate of drug-likeness (QED) is 0.593. The highest BCUT2D eigenvalue weighted by atomic mass is 19.1. The zero-order valence-corrected chi connectivity index (χ0v) is 17.7. The van der Waals surface area contributed by atoms with Crippen molar-refractivity contribution in [1.29, 1.82) is 0 Å². The summed E-state index contributed by atoms with van der Waals surface area (Å²) in [7, 11) is 0. The lowest BCUT2D eigenvalue weighted by Crippen LogP contribution is -2.30. The summed E-state index contributed by atoms with van der Waals surface area (Å²) in [5, 5.41) is 4.61. The molecule has 1 aromatic heterocycles. The summed E-state index contributed by atoms with van der Waals surface area (Å²) in [4.78, 5) is 11.9. The number of piperidine rings is 1. The predicted molar refractivity (Wildman–Crippen MR) is 117 cm³/mol. The van der Waals surface area contributed by atoms with Crippen molar-refractivity contribution < 1.29 is 13.9 Å². The van der Waals surface area contributed by atoms with Crippen LogP contribution in [0.1, 0.15) is 46.9 Å². The van der Waals surface area contributed by atoms with E-state index in [4.69, 9.17) is 4.74 Å². The van der Waals surface area contributed by atoms with Gasteiger partial charge in [-0.05, 0) is 75.0 Å². The Morgan fingerprint density at radius 3 is 2.70 bits per heavy atom. The lowest BCUT2D eigenvalue weighted by molar-refractivity contribution is 0.0526. The molecule has 1 aliphatic heterocycles. The average molecular weight is 409 g/mol. The number of halogens is 1. The van der Waals surface area contributed by atoms with Crippen LogP contribution in [-0.2, 0) is 17.7 Å². The largest absolute Gasteiger partial charge is 0.462 e. The van der Waals surface area contributed by atoms with Crippen molar-refractivity contribution in [2.45, 2.75) is 39.7 Å². The highest BCUT2D eigenvalue weighted by molar-refractivity contribution is 5.89. The Hall–Kier alpha value is -2.66. The molecule has 4 rings (SSSR count). The molecule has 1 saturated heterocycles. The molecule has 0 atom stereocenters. The molecule has 30 heavy (non-hydrogen) atoms. The first-order valence-electron chi connectivity index (χ1n) is 10.8. The molecule has 0 unspecified atom stereocenters. The maximum atomic E-state index is 14.8. The second-order valence-electron chi connectivity index (χ2n) is 8.09. The third-order valence-electron chi connectivity index (χ3n) is 6.19. The summed E-state index contributed by atoms with van der Waals surface area (Å²) in [5.74, 6) is -0.193. The molecule has 0 bridgehead atoms. The number of esters is 1. The van der Waals surface area contributed by atoms with E-state index in [0.717, 1.165) is 25.2 Å². The number of nitrogens with one attached hydrogen (secondary N) is 1. The van der Waals surface area contributed by atoms with Crippen molar-refractivity contribution in [2.75, 3.05) is 19.7 Å². The van der Waals surface area contributed by atoms with Crippen LogP contribution in [-0.4, -0.2) is 30.2 Å². The molecule has 0 radical (unpaired) electrons. The van der Waals surface area contributed by atoms with E-state index in [2.05, 4.69) is 35.0 Å². The predicted octanol–water partition coefficient (Wildman–Crippen LogP) is 4.86. The van der Waals surface area contributed by atoms with Gasteiger partial charge in [-0.3, -0.25) is 0 Å². The van der Waals surface area contributed by atoms with Gasteiger partial charge in [-0.15, -0.1) is 0 Å². The van der Waals surface area contributed by atoms with Crippen LogP contribution in [0.5, 0.6) is 0 Å². The van der Waals surface area contributed by atoms with Crippen LogP contribution in [0.25, 0.3) is 10.9 Å². The number of fused-ring (bicyclic) bond motifs is 1. The molecule has 2 heterocycles. The molecule has 0 aliphatic carbocycles. The van der Waals surface area contributed by atoms with E-state index >= 15 is 0 Å². The standard InChI is InChI=1S/C25H29FN2O2/c1-3-30-25(29)20-9-8-19(23(26)15-20)14-22-17(2)28(16-18-10-12-27-13-11-18)24-7-5-4-6-21(22)24/h4-9,15,18,27H,3,10-14,16H2,1-2H3. The van der Waals surface area contributed by atoms with Gasteiger partial charge in [0.1, 0.15) is 5.82 Å². The Labute approximate surface area is 177 Å². The summed E-state index contributed by atoms with van der Waals surface area (Å²) >= 11 is 0. The minimum absolute atomic E-state index is 0.253. The first-order chi connectivity index (χ1) is 14.6. The number of nitrogens with zero attached hydrogens (tertiary/aromatic N) is 1. The van der Waals surface area contributed by atoms with Gasteiger partial charge < -0.3 is 14.6 Å². The Morgan fingerprint density at radius 1 is 1.20 bits per heavy atom. The summed E-state index contributed by atoms with van der Waals surface area (Å²) < 4.78 is 22.2. The lowest BCUT2D eigenvalue weighted by atomic mass is 9.98. The zero-order valence-electron chi connectivity index (χ0n) is 17.7. The Kier molecular flexibility index (Phi) is 6.18. The fraction of sp³-hybridized carbons (Fsp3) is 0.400. The average Bonchev–Trinajstić information content (AvgIpc) is 3.02. The van der Waals surface area contributed by atoms with Gasteiger partial charge >= 0.3 is 5.97 Å². The molecule has 3 aromatic rings. The summed E-state index contributed by atoms with van der Waals surface area (Å²) in [5.41, 5.74) is 4.41. The second-order valence-corrected chi connectivity index (χ2v) is 8.09. The highest BCUT2D eigenvalue weighted by Gasteiger charge is 2.20. The van der Waals surface area contributed by atoms with E-state index in [-0.39, 0.29) is 18.0 Å². The molecular formula is C25H29FN2O2. The number of rotatable bonds is 6. The van der Waals surface area contributed by atoms with Crippen LogP contribution < -0.4 is 5.32 Å². The number of hydrogen-bond donors (Lipinski definition) is 1. The van der Waals surface area contributed by atoms with Gasteiger partial charge in [0.05, 0.1) is 12.2 Å². The van der Waals surface area contributed by atoms with Crippen molar-refractivity contribution in [3.63, 3.8) is 0 Å². The molecule has 5 heteroatoms. The first-order valence-corrected chi connectivity index (χ1v) is 10.8. The van der Waals surface area contributed by atoms with Gasteiger partial charge in [-0.2, -0.15) is 0 Å². The fourth-order valence-corrected chi connectivity index (χ4v) is 4.51. The lowest BCUT2D eigenvalue weighted by Gasteiger charge is -2.24. The van der Waals surface area contributed by atoms with E-state index < -0.39 is 5.97 Å². The summed E-state index contributed by atoms with van der Waals surface area (Å²) in [6.45, 7) is 7.31. The van der Waals surface area contributed by atoms with Crippen molar-refractivity contribution >= 4 is 16.9 Å². The zero-order chi connectivity index (χ0) is 21.1. The molecule has 1 fully saturated rings. The van der Waals surface area contributed by atoms with E-state index in [1.54, 1.807) is 19.1 Å². The van der Waals surface area contributed by atoms with Gasteiger partial charge in [-0.1, -0.05) is 24.3 Å². The van der Waals surface area contributed by atoms with Crippen LogP contribution >= 0.6 is 0 Å². The smallest absolute Gasteiger partial charge is 0.338 e. The van der Waals surface area contributed by atoms with E-state index in [0.29, 0.717) is 17.9 Å². The fourth-order valence-electron chi connectivity index (χ4n) is 4.51. The first kappa shape index (κ1) is 20.6. The van der Waals surface area contributed by atoms with Crippen molar-refractivity contribution in [3.8, 4) is 0 Å².